The molecule has 44 heavy (non-hydrogen) atoms. The Morgan fingerprint density at radius 1 is 1.11 bits per heavy atom. The maximum absolute atomic E-state index is 13.7. The molecule has 3 aromatic heterocycles. The van der Waals surface area contributed by atoms with Crippen LogP contribution in [-0.2, 0) is 15.3 Å². The Balaban J connectivity index is 1.42. The zero-order chi connectivity index (χ0) is 31.0. The molecule has 0 saturated carbocycles. The summed E-state index contributed by atoms with van der Waals surface area (Å²) in [5, 5.41) is 21.2. The molecule has 1 saturated heterocycles. The molecule has 5 aromatic rings. The molecule has 0 aliphatic carbocycles. The Bertz CT molecular complexity index is 1930. The average Bonchev–Trinajstić information content (AvgIpc) is 3.71. The van der Waals surface area contributed by atoms with E-state index in [0.717, 1.165) is 11.1 Å². The number of ketones is 1. The lowest BCUT2D eigenvalue weighted by Gasteiger charge is -2.22. The molecule has 0 spiro atoms. The molecule has 1 N–H and O–H groups in total. The first kappa shape index (κ1) is 29.6. The molecule has 1 fully saturated rings. The molecule has 222 valence electrons. The highest BCUT2D eigenvalue weighted by Gasteiger charge is 2.49. The summed E-state index contributed by atoms with van der Waals surface area (Å²) in [7, 11) is 0. The molecule has 1 atom stereocenters. The number of carbonyl (C=O) groups excluding carboxylic acids is 2. The van der Waals surface area contributed by atoms with Crippen LogP contribution in [0.1, 0.15) is 34.1 Å². The van der Waals surface area contributed by atoms with Crippen molar-refractivity contribution in [3.05, 3.63) is 118 Å². The van der Waals surface area contributed by atoms with E-state index >= 15 is 0 Å². The number of anilines is 1. The molecular formula is C32H26ClN5O4S2. The summed E-state index contributed by atoms with van der Waals surface area (Å²) in [5.41, 5.74) is 3.96. The van der Waals surface area contributed by atoms with Crippen LogP contribution in [0, 0.1) is 13.8 Å². The van der Waals surface area contributed by atoms with E-state index in [1.165, 1.54) is 28.0 Å². The van der Waals surface area contributed by atoms with Crippen molar-refractivity contribution < 1.29 is 19.4 Å². The van der Waals surface area contributed by atoms with Crippen molar-refractivity contribution >= 4 is 62.9 Å². The second kappa shape index (κ2) is 12.3. The summed E-state index contributed by atoms with van der Waals surface area (Å²) in [6.45, 7) is 7.72. The normalized spacial score (nSPS) is 16.2. The highest BCUT2D eigenvalue weighted by atomic mass is 35.5. The Hall–Kier alpha value is -4.45. The van der Waals surface area contributed by atoms with Gasteiger partial charge in [-0.15, -0.1) is 10.2 Å². The predicted octanol–water partition coefficient (Wildman–Crippen LogP) is 6.94. The third-order valence-corrected chi connectivity index (χ3v) is 9.57. The fourth-order valence-corrected chi connectivity index (χ4v) is 6.95. The fourth-order valence-electron chi connectivity index (χ4n) is 5.00. The second-order valence-electron chi connectivity index (χ2n) is 10.0. The van der Waals surface area contributed by atoms with Crippen LogP contribution in [0.25, 0.3) is 11.4 Å². The van der Waals surface area contributed by atoms with Gasteiger partial charge in [-0.1, -0.05) is 77.7 Å². The van der Waals surface area contributed by atoms with Gasteiger partial charge in [-0.05, 0) is 60.9 Å². The summed E-state index contributed by atoms with van der Waals surface area (Å²) in [4.78, 5) is 33.3. The van der Waals surface area contributed by atoms with Crippen LogP contribution >= 0.6 is 34.7 Å². The maximum atomic E-state index is 13.7. The lowest BCUT2D eigenvalue weighted by molar-refractivity contribution is -0.132. The van der Waals surface area contributed by atoms with Crippen LogP contribution in [0.3, 0.4) is 0 Å². The highest BCUT2D eigenvalue weighted by molar-refractivity contribution is 8.00. The van der Waals surface area contributed by atoms with Crippen LogP contribution < -0.4 is 9.64 Å². The van der Waals surface area contributed by atoms with Gasteiger partial charge in [0.05, 0.1) is 17.3 Å². The van der Waals surface area contributed by atoms with Gasteiger partial charge in [-0.2, -0.15) is 0 Å². The van der Waals surface area contributed by atoms with Crippen molar-refractivity contribution in [2.45, 2.75) is 30.0 Å². The molecule has 0 bridgehead atoms. The standard InChI is InChI=1S/C32H26ClN5O4S2/c1-4-16-42-23-13-9-21(10-14-23)26-24(27(39)25-19(3)37-15-5-6-18(2)29(37)34-25)28(40)30(41)38(26)31-35-36-32(44-31)43-17-20-7-11-22(33)12-8-20/h4-15,26,39H,1,16-17H2,2-3H3. The first-order valence-corrected chi connectivity index (χ1v) is 15.7. The zero-order valence-corrected chi connectivity index (χ0v) is 26.1. The number of amides is 1. The first-order valence-electron chi connectivity index (χ1n) is 13.6. The van der Waals surface area contributed by atoms with Gasteiger partial charge < -0.3 is 14.2 Å². The predicted molar refractivity (Wildman–Crippen MR) is 173 cm³/mol. The Kier molecular flexibility index (Phi) is 8.26. The van der Waals surface area contributed by atoms with E-state index in [1.807, 2.05) is 53.9 Å². The largest absolute Gasteiger partial charge is 0.505 e. The van der Waals surface area contributed by atoms with Gasteiger partial charge >= 0.3 is 5.91 Å². The molecule has 2 aromatic carbocycles. The minimum absolute atomic E-state index is 0.0792. The number of Topliss-reactive ketones (excluding diaryl/α,β-unsaturated/α-hetero) is 1. The Morgan fingerprint density at radius 3 is 2.57 bits per heavy atom. The molecule has 1 amide bonds. The van der Waals surface area contributed by atoms with Crippen LogP contribution in [0.2, 0.25) is 5.02 Å². The summed E-state index contributed by atoms with van der Waals surface area (Å²) >= 11 is 8.66. The number of aromatic nitrogens is 4. The number of hydrogen-bond donors (Lipinski definition) is 1. The number of aliphatic hydroxyl groups is 1. The van der Waals surface area contributed by atoms with Gasteiger partial charge in [0.25, 0.3) is 5.78 Å². The number of pyridine rings is 1. The lowest BCUT2D eigenvalue weighted by Crippen LogP contribution is -2.29. The fraction of sp³-hybridized carbons (Fsp3) is 0.156. The number of halogens is 1. The molecule has 12 heteroatoms. The minimum Gasteiger partial charge on any atom is -0.505 e. The summed E-state index contributed by atoms with van der Waals surface area (Å²) in [6, 6.07) is 17.3. The van der Waals surface area contributed by atoms with E-state index in [-0.39, 0.29) is 22.2 Å². The van der Waals surface area contributed by atoms with E-state index < -0.39 is 17.7 Å². The zero-order valence-electron chi connectivity index (χ0n) is 23.7. The van der Waals surface area contributed by atoms with Crippen molar-refractivity contribution in [2.75, 3.05) is 11.5 Å². The maximum Gasteiger partial charge on any atom is 0.301 e. The minimum atomic E-state index is -0.976. The van der Waals surface area contributed by atoms with Crippen molar-refractivity contribution in [3.8, 4) is 5.75 Å². The molecule has 0 radical (unpaired) electrons. The van der Waals surface area contributed by atoms with E-state index in [9.17, 15) is 14.7 Å². The molecule has 1 unspecified atom stereocenters. The monoisotopic (exact) mass is 643 g/mol. The van der Waals surface area contributed by atoms with Gasteiger partial charge in [0.1, 0.15) is 23.7 Å². The number of rotatable bonds is 9. The number of benzene rings is 2. The number of hydrogen-bond acceptors (Lipinski definition) is 9. The summed E-state index contributed by atoms with van der Waals surface area (Å²) in [6.07, 6.45) is 3.48. The molecule has 6 rings (SSSR count). The van der Waals surface area contributed by atoms with Crippen LogP contribution in [0.4, 0.5) is 5.13 Å². The van der Waals surface area contributed by atoms with Crippen LogP contribution in [-0.4, -0.2) is 43.0 Å². The molecule has 1 aliphatic heterocycles. The number of aliphatic hydroxyl groups excluding tert-OH is 1. The van der Waals surface area contributed by atoms with Gasteiger partial charge in [0.15, 0.2) is 10.1 Å². The van der Waals surface area contributed by atoms with Crippen LogP contribution in [0.15, 0.2) is 89.4 Å². The quantitative estimate of drug-likeness (QED) is 0.0459. The van der Waals surface area contributed by atoms with Gasteiger partial charge in [0, 0.05) is 17.0 Å². The molecular weight excluding hydrogens is 618 g/mol. The van der Waals surface area contributed by atoms with Crippen LogP contribution in [0.5, 0.6) is 5.75 Å². The van der Waals surface area contributed by atoms with Crippen molar-refractivity contribution in [1.29, 1.82) is 0 Å². The Morgan fingerprint density at radius 2 is 1.86 bits per heavy atom. The average molecular weight is 644 g/mol. The number of aryl methyl sites for hydroxylation is 2. The number of nitrogens with zero attached hydrogens (tertiary/aromatic N) is 5. The third kappa shape index (κ3) is 5.49. The molecule has 9 nitrogen and oxygen atoms in total. The Labute approximate surface area is 266 Å². The summed E-state index contributed by atoms with van der Waals surface area (Å²) < 4.78 is 8.10. The van der Waals surface area contributed by atoms with E-state index in [4.69, 9.17) is 16.3 Å². The molecule has 4 heterocycles. The number of fused-ring (bicyclic) bond motifs is 1. The second-order valence-corrected chi connectivity index (χ2v) is 12.6. The van der Waals surface area contributed by atoms with Gasteiger partial charge in [0.2, 0.25) is 5.13 Å². The van der Waals surface area contributed by atoms with Crippen molar-refractivity contribution in [2.24, 2.45) is 0 Å². The number of thioether (sulfide) groups is 1. The van der Waals surface area contributed by atoms with E-state index in [1.54, 1.807) is 37.3 Å². The topological polar surface area (TPSA) is 110 Å². The number of imidazole rings is 1. The van der Waals surface area contributed by atoms with E-state index in [2.05, 4.69) is 21.8 Å². The van der Waals surface area contributed by atoms with Gasteiger partial charge in [-0.25, -0.2) is 4.98 Å². The lowest BCUT2D eigenvalue weighted by atomic mass is 9.96. The van der Waals surface area contributed by atoms with E-state index in [0.29, 0.717) is 44.4 Å². The van der Waals surface area contributed by atoms with Gasteiger partial charge in [-0.3, -0.25) is 14.5 Å². The molecule has 1 aliphatic rings. The van der Waals surface area contributed by atoms with Crippen molar-refractivity contribution in [1.82, 2.24) is 19.6 Å². The number of carbonyl (C=O) groups is 2. The third-order valence-electron chi connectivity index (χ3n) is 7.19. The first-order chi connectivity index (χ1) is 21.3. The number of ether oxygens (including phenoxy) is 1. The highest BCUT2D eigenvalue weighted by Crippen LogP contribution is 2.44. The van der Waals surface area contributed by atoms with Crippen molar-refractivity contribution in [3.63, 3.8) is 0 Å². The summed E-state index contributed by atoms with van der Waals surface area (Å²) in [5.74, 6) is -0.795. The SMILES string of the molecule is C=CCOc1ccc(C2C(=C(O)c3nc4c(C)cccn4c3C)C(=O)C(=O)N2c2nnc(SCc3ccc(Cl)cc3)s2)cc1. The smallest absolute Gasteiger partial charge is 0.301 e.